The zero-order valence-electron chi connectivity index (χ0n) is 16.3. The van der Waals surface area contributed by atoms with E-state index >= 15 is 0 Å². The average molecular weight is 368 g/mol. The molecule has 2 aromatic rings. The van der Waals surface area contributed by atoms with Crippen molar-refractivity contribution in [3.8, 4) is 5.88 Å². The minimum absolute atomic E-state index is 0.0517. The Morgan fingerprint density at radius 1 is 1.33 bits per heavy atom. The molecule has 144 valence electrons. The molecular formula is C21H28N4O2. The molecule has 1 N–H and O–H groups in total. The van der Waals surface area contributed by atoms with E-state index in [2.05, 4.69) is 51.4 Å². The van der Waals surface area contributed by atoms with Gasteiger partial charge in [-0.2, -0.15) is 0 Å². The number of nitrogens with zero attached hydrogens (tertiary/aromatic N) is 3. The highest BCUT2D eigenvalue weighted by atomic mass is 16.5. The van der Waals surface area contributed by atoms with Crippen LogP contribution in [0.25, 0.3) is 0 Å². The van der Waals surface area contributed by atoms with Gasteiger partial charge in [-0.25, -0.2) is 4.98 Å². The third-order valence-electron chi connectivity index (χ3n) is 4.68. The highest BCUT2D eigenvalue weighted by molar-refractivity contribution is 5.80. The second-order valence-electron chi connectivity index (χ2n) is 6.46. The molecule has 0 spiro atoms. The summed E-state index contributed by atoms with van der Waals surface area (Å²) in [6, 6.07) is 12.3. The van der Waals surface area contributed by atoms with Crippen molar-refractivity contribution in [3.63, 3.8) is 0 Å². The lowest BCUT2D eigenvalue weighted by Gasteiger charge is -2.35. The third-order valence-corrected chi connectivity index (χ3v) is 4.68. The largest absolute Gasteiger partial charge is 0.478 e. The first-order valence-corrected chi connectivity index (χ1v) is 9.42. The Morgan fingerprint density at radius 2 is 2.19 bits per heavy atom. The van der Waals surface area contributed by atoms with E-state index in [1.165, 1.54) is 11.1 Å². The molecule has 0 amide bonds. The van der Waals surface area contributed by atoms with Crippen molar-refractivity contribution in [2.75, 3.05) is 33.4 Å². The van der Waals surface area contributed by atoms with E-state index in [9.17, 15) is 0 Å². The van der Waals surface area contributed by atoms with Gasteiger partial charge in [0.2, 0.25) is 5.88 Å². The average Bonchev–Trinajstić information content (AvgIpc) is 2.70. The van der Waals surface area contributed by atoms with Crippen molar-refractivity contribution in [2.45, 2.75) is 26.5 Å². The summed E-state index contributed by atoms with van der Waals surface area (Å²) >= 11 is 0. The highest BCUT2D eigenvalue weighted by Gasteiger charge is 2.25. The molecule has 0 radical (unpaired) electrons. The van der Waals surface area contributed by atoms with Crippen LogP contribution in [-0.2, 0) is 11.3 Å². The Balaban J connectivity index is 1.66. The molecule has 3 rings (SSSR count). The van der Waals surface area contributed by atoms with Crippen molar-refractivity contribution in [3.05, 3.63) is 59.3 Å². The number of benzene rings is 1. The number of pyridine rings is 1. The number of morpholine rings is 1. The van der Waals surface area contributed by atoms with Crippen LogP contribution in [0.4, 0.5) is 0 Å². The van der Waals surface area contributed by atoms with Gasteiger partial charge in [0.15, 0.2) is 5.96 Å². The van der Waals surface area contributed by atoms with Gasteiger partial charge in [0.05, 0.1) is 19.8 Å². The molecule has 1 aliphatic rings. The summed E-state index contributed by atoms with van der Waals surface area (Å²) in [7, 11) is 1.81. The first kappa shape index (κ1) is 19.2. The molecule has 27 heavy (non-hydrogen) atoms. The van der Waals surface area contributed by atoms with Crippen LogP contribution in [0.5, 0.6) is 5.88 Å². The maximum Gasteiger partial charge on any atom is 0.218 e. The predicted molar refractivity (Wildman–Crippen MR) is 107 cm³/mol. The molecule has 0 aliphatic carbocycles. The number of aromatic nitrogens is 1. The molecule has 1 aromatic heterocycles. The fourth-order valence-electron chi connectivity index (χ4n) is 3.31. The molecular weight excluding hydrogens is 340 g/mol. The number of nitrogens with one attached hydrogen (secondary N) is 1. The Kier molecular flexibility index (Phi) is 6.65. The Bertz CT molecular complexity index is 778. The molecule has 6 heteroatoms. The van der Waals surface area contributed by atoms with E-state index in [1.807, 2.05) is 26.1 Å². The molecule has 1 aromatic carbocycles. The summed E-state index contributed by atoms with van der Waals surface area (Å²) in [6.45, 7) is 7.56. The Morgan fingerprint density at radius 3 is 2.96 bits per heavy atom. The van der Waals surface area contributed by atoms with Crippen molar-refractivity contribution < 1.29 is 9.47 Å². The normalized spacial score (nSPS) is 17.7. The van der Waals surface area contributed by atoms with Crippen LogP contribution in [-0.4, -0.2) is 49.2 Å². The zero-order valence-corrected chi connectivity index (χ0v) is 16.3. The molecule has 1 saturated heterocycles. The second kappa shape index (κ2) is 9.37. The third kappa shape index (κ3) is 4.77. The molecule has 1 atom stereocenters. The monoisotopic (exact) mass is 368 g/mol. The predicted octanol–water partition coefficient (Wildman–Crippen LogP) is 2.94. The number of ether oxygens (including phenoxy) is 2. The number of guanidine groups is 1. The molecule has 0 bridgehead atoms. The highest BCUT2D eigenvalue weighted by Crippen LogP contribution is 2.25. The lowest BCUT2D eigenvalue weighted by molar-refractivity contribution is -0.00834. The van der Waals surface area contributed by atoms with Crippen LogP contribution in [0, 0.1) is 6.92 Å². The van der Waals surface area contributed by atoms with Crippen LogP contribution in [0.2, 0.25) is 0 Å². The van der Waals surface area contributed by atoms with Crippen LogP contribution in [0.15, 0.2) is 47.6 Å². The van der Waals surface area contributed by atoms with Crippen molar-refractivity contribution in [1.82, 2.24) is 15.2 Å². The topological polar surface area (TPSA) is 59.0 Å². The van der Waals surface area contributed by atoms with Crippen LogP contribution < -0.4 is 10.1 Å². The first-order valence-electron chi connectivity index (χ1n) is 9.42. The van der Waals surface area contributed by atoms with Crippen LogP contribution in [0.1, 0.15) is 29.7 Å². The van der Waals surface area contributed by atoms with Crippen molar-refractivity contribution in [2.24, 2.45) is 4.99 Å². The maximum atomic E-state index is 6.03. The van der Waals surface area contributed by atoms with Gasteiger partial charge < -0.3 is 19.7 Å². The van der Waals surface area contributed by atoms with E-state index < -0.39 is 0 Å². The number of hydrogen-bond donors (Lipinski definition) is 1. The molecule has 1 aliphatic heterocycles. The standard InChI is InChI=1S/C21H28N4O2/c1-4-26-20-17(9-7-11-23-20)14-24-21(22-3)25-12-13-27-19(15-25)18-10-6-5-8-16(18)2/h5-11,19H,4,12-15H2,1-3H3,(H,22,24). The van der Waals surface area contributed by atoms with E-state index in [0.717, 1.165) is 24.6 Å². The molecule has 0 saturated carbocycles. The second-order valence-corrected chi connectivity index (χ2v) is 6.46. The van der Waals surface area contributed by atoms with Crippen LogP contribution in [0.3, 0.4) is 0 Å². The Hall–Kier alpha value is -2.60. The quantitative estimate of drug-likeness (QED) is 0.650. The van der Waals surface area contributed by atoms with E-state index in [1.54, 1.807) is 6.20 Å². The molecule has 2 heterocycles. The van der Waals surface area contributed by atoms with Crippen LogP contribution >= 0.6 is 0 Å². The number of hydrogen-bond acceptors (Lipinski definition) is 4. The van der Waals surface area contributed by atoms with Gasteiger partial charge in [0, 0.05) is 31.9 Å². The first-order chi connectivity index (χ1) is 13.2. The van der Waals surface area contributed by atoms with Gasteiger partial charge in [0.25, 0.3) is 0 Å². The molecule has 1 fully saturated rings. The fraction of sp³-hybridized carbons (Fsp3) is 0.429. The van der Waals surface area contributed by atoms with Gasteiger partial charge in [-0.05, 0) is 31.0 Å². The number of aryl methyl sites for hydroxylation is 1. The fourth-order valence-corrected chi connectivity index (χ4v) is 3.31. The lowest BCUT2D eigenvalue weighted by atomic mass is 10.0. The van der Waals surface area contributed by atoms with Crippen molar-refractivity contribution >= 4 is 5.96 Å². The van der Waals surface area contributed by atoms with Gasteiger partial charge in [-0.15, -0.1) is 0 Å². The van der Waals surface area contributed by atoms with Gasteiger partial charge in [-0.1, -0.05) is 30.3 Å². The van der Waals surface area contributed by atoms with Crippen molar-refractivity contribution in [1.29, 1.82) is 0 Å². The summed E-state index contributed by atoms with van der Waals surface area (Å²) in [5.41, 5.74) is 3.51. The summed E-state index contributed by atoms with van der Waals surface area (Å²) < 4.78 is 11.6. The summed E-state index contributed by atoms with van der Waals surface area (Å²) in [5, 5.41) is 3.44. The molecule has 1 unspecified atom stereocenters. The minimum atomic E-state index is 0.0517. The summed E-state index contributed by atoms with van der Waals surface area (Å²) in [5.74, 6) is 1.53. The molecule has 6 nitrogen and oxygen atoms in total. The van der Waals surface area contributed by atoms with E-state index in [0.29, 0.717) is 25.6 Å². The zero-order chi connectivity index (χ0) is 19.1. The van der Waals surface area contributed by atoms with E-state index in [-0.39, 0.29) is 6.10 Å². The van der Waals surface area contributed by atoms with Gasteiger partial charge in [0.1, 0.15) is 6.10 Å². The van der Waals surface area contributed by atoms with Gasteiger partial charge >= 0.3 is 0 Å². The Labute approximate surface area is 161 Å². The number of rotatable bonds is 5. The summed E-state index contributed by atoms with van der Waals surface area (Å²) in [6.07, 6.45) is 1.80. The maximum absolute atomic E-state index is 6.03. The SMILES string of the molecule is CCOc1ncccc1CNC(=NC)N1CCOC(c2ccccc2C)C1. The number of aliphatic imine (C=N–C) groups is 1. The smallest absolute Gasteiger partial charge is 0.218 e. The minimum Gasteiger partial charge on any atom is -0.478 e. The van der Waals surface area contributed by atoms with Gasteiger partial charge in [-0.3, -0.25) is 4.99 Å². The summed E-state index contributed by atoms with van der Waals surface area (Å²) in [4.78, 5) is 11.0. The van der Waals surface area contributed by atoms with E-state index in [4.69, 9.17) is 9.47 Å². The lowest BCUT2D eigenvalue weighted by Crippen LogP contribution is -2.48.